The van der Waals surface area contributed by atoms with Crippen molar-refractivity contribution in [2.75, 3.05) is 13.2 Å². The highest BCUT2D eigenvalue weighted by atomic mass is 31.2. The molecule has 0 aromatic rings. The highest BCUT2D eigenvalue weighted by Crippen LogP contribution is 2.35. The Kier molecular flexibility index (Phi) is 36.6. The molecule has 0 aromatic carbocycles. The van der Waals surface area contributed by atoms with Crippen LogP contribution in [0.15, 0.2) is 122 Å². The Bertz CT molecular complexity index is 1280. The van der Waals surface area contributed by atoms with Crippen molar-refractivity contribution in [3.8, 4) is 0 Å². The van der Waals surface area contributed by atoms with Gasteiger partial charge in [0, 0.05) is 12.8 Å². The summed E-state index contributed by atoms with van der Waals surface area (Å²) in [4.78, 5) is 42.7. The molecule has 0 saturated heterocycles. The first kappa shape index (κ1) is 50.5. The van der Waals surface area contributed by atoms with Gasteiger partial charge in [-0.3, -0.25) is 14.1 Å². The van der Waals surface area contributed by atoms with E-state index < -0.39 is 32.5 Å². The molecule has 2 N–H and O–H groups in total. The zero-order valence-corrected chi connectivity index (χ0v) is 34.0. The second-order valence-corrected chi connectivity index (χ2v) is 13.8. The third-order valence-electron chi connectivity index (χ3n) is 7.48. The number of ether oxygens (including phenoxy) is 2. The normalized spacial score (nSPS) is 13.8. The Balaban J connectivity index is 4.21. The molecule has 0 amide bonds. The van der Waals surface area contributed by atoms with Crippen molar-refractivity contribution in [3.05, 3.63) is 122 Å². The molecule has 0 aliphatic heterocycles. The molecule has 0 spiro atoms. The van der Waals surface area contributed by atoms with Crippen LogP contribution in [-0.4, -0.2) is 41.0 Å². The van der Waals surface area contributed by atoms with Crippen molar-refractivity contribution in [2.45, 2.75) is 136 Å². The molecule has 0 saturated carbocycles. The van der Waals surface area contributed by atoms with Crippen LogP contribution in [0.4, 0.5) is 0 Å². The molecule has 0 unspecified atom stereocenters. The SMILES string of the molecule is CC/C=C\C/C=C\C/C=C\C/C=C\C/C=C\C/C=C\CCC(=O)OC[C@H](COP(=O)(O)O)OC(=O)CCC/C=C\C/C=C\C/C=C\C/C=C\CCCCC. The zero-order chi connectivity index (χ0) is 39.6. The lowest BCUT2D eigenvalue weighted by Gasteiger charge is -2.18. The van der Waals surface area contributed by atoms with E-state index in [2.05, 4.69) is 116 Å². The summed E-state index contributed by atoms with van der Waals surface area (Å²) in [5.74, 6) is -1.06. The van der Waals surface area contributed by atoms with Crippen molar-refractivity contribution in [1.29, 1.82) is 0 Å². The van der Waals surface area contributed by atoms with E-state index >= 15 is 0 Å². The summed E-state index contributed by atoms with van der Waals surface area (Å²) in [7, 11) is -4.79. The molecule has 0 aromatic heterocycles. The van der Waals surface area contributed by atoms with Gasteiger partial charge in [-0.2, -0.15) is 0 Å². The van der Waals surface area contributed by atoms with Gasteiger partial charge in [0.2, 0.25) is 0 Å². The third kappa shape index (κ3) is 41.2. The first-order valence-corrected chi connectivity index (χ1v) is 21.4. The van der Waals surface area contributed by atoms with Gasteiger partial charge in [0.25, 0.3) is 0 Å². The van der Waals surface area contributed by atoms with Gasteiger partial charge in [0.05, 0.1) is 6.61 Å². The fraction of sp³-hybridized carbons (Fsp3) is 0.511. The van der Waals surface area contributed by atoms with Gasteiger partial charge < -0.3 is 19.3 Å². The molecule has 0 aliphatic rings. The molecule has 8 nitrogen and oxygen atoms in total. The lowest BCUT2D eigenvalue weighted by molar-refractivity contribution is -0.161. The molecule has 0 heterocycles. The lowest BCUT2D eigenvalue weighted by atomic mass is 10.2. The Labute approximate surface area is 327 Å². The van der Waals surface area contributed by atoms with E-state index in [-0.39, 0.29) is 19.4 Å². The molecule has 0 radical (unpaired) electrons. The summed E-state index contributed by atoms with van der Waals surface area (Å²) < 4.78 is 26.2. The van der Waals surface area contributed by atoms with Crippen LogP contribution in [0.3, 0.4) is 0 Å². The van der Waals surface area contributed by atoms with Gasteiger partial charge >= 0.3 is 19.8 Å². The van der Waals surface area contributed by atoms with Crippen molar-refractivity contribution in [3.63, 3.8) is 0 Å². The number of carbonyl (C=O) groups excluding carboxylic acids is 2. The number of rotatable bonds is 34. The van der Waals surface area contributed by atoms with Crippen LogP contribution in [0.5, 0.6) is 0 Å². The number of carbonyl (C=O) groups is 2. The van der Waals surface area contributed by atoms with Crippen LogP contribution in [0.25, 0.3) is 0 Å². The molecular weight excluding hydrogens is 699 g/mol. The summed E-state index contributed by atoms with van der Waals surface area (Å²) in [5.41, 5.74) is 0. The molecule has 0 aliphatic carbocycles. The summed E-state index contributed by atoms with van der Waals surface area (Å²) in [6, 6.07) is 0. The molecule has 0 bridgehead atoms. The van der Waals surface area contributed by atoms with E-state index in [0.29, 0.717) is 19.3 Å². The maximum absolute atomic E-state index is 12.4. The minimum Gasteiger partial charge on any atom is -0.462 e. The van der Waals surface area contributed by atoms with Crippen LogP contribution >= 0.6 is 7.82 Å². The number of esters is 2. The predicted molar refractivity (Wildman–Crippen MR) is 225 cm³/mol. The second kappa shape index (κ2) is 39.2. The standard InChI is InChI=1S/C45H69O8P/c1-3-5-7-9-11-13-15-17-19-21-22-24-25-27-29-31-33-35-37-39-44(46)51-41-43(42-52-54(48,49)50)53-45(47)40-38-36-34-32-30-28-26-23-20-18-16-14-12-10-8-6-4-2/h5,7,11-14,17-20,22,24,26-29,32-35,43H,3-4,6,8-10,15-16,21,23,25,30-31,36-42H2,1-2H3,(H2,48,49,50)/b7-5-,13-11-,14-12-,19-17-,20-18-,24-22-,28-26-,29-27-,34-32-,35-33-/t43-/m1/s1. The maximum Gasteiger partial charge on any atom is 0.469 e. The summed E-state index contributed by atoms with van der Waals surface area (Å²) in [6.45, 7) is 3.40. The third-order valence-corrected chi connectivity index (χ3v) is 7.96. The Morgan fingerprint density at radius 1 is 0.500 bits per heavy atom. The number of phosphoric acid groups is 1. The number of phosphoric ester groups is 1. The van der Waals surface area contributed by atoms with Gasteiger partial charge in [0.15, 0.2) is 6.10 Å². The molecule has 54 heavy (non-hydrogen) atoms. The molecule has 1 atom stereocenters. The van der Waals surface area contributed by atoms with Crippen LogP contribution in [0.2, 0.25) is 0 Å². The second-order valence-electron chi connectivity index (χ2n) is 12.5. The summed E-state index contributed by atoms with van der Waals surface area (Å²) in [5, 5.41) is 0. The molecule has 9 heteroatoms. The number of hydrogen-bond donors (Lipinski definition) is 2. The molecule has 302 valence electrons. The zero-order valence-electron chi connectivity index (χ0n) is 33.1. The van der Waals surface area contributed by atoms with E-state index in [0.717, 1.165) is 64.2 Å². The lowest BCUT2D eigenvalue weighted by Crippen LogP contribution is -2.29. The number of unbranched alkanes of at least 4 members (excludes halogenated alkanes) is 4. The highest BCUT2D eigenvalue weighted by molar-refractivity contribution is 7.46. The van der Waals surface area contributed by atoms with Crippen molar-refractivity contribution in [2.24, 2.45) is 0 Å². The van der Waals surface area contributed by atoms with E-state index in [9.17, 15) is 14.2 Å². The molecule has 0 fully saturated rings. The Morgan fingerprint density at radius 2 is 0.907 bits per heavy atom. The van der Waals surface area contributed by atoms with E-state index in [1.54, 1.807) is 0 Å². The van der Waals surface area contributed by atoms with Gasteiger partial charge in [-0.1, -0.05) is 148 Å². The average molecular weight is 769 g/mol. The summed E-state index contributed by atoms with van der Waals surface area (Å²) in [6.07, 6.45) is 56.5. The first-order chi connectivity index (χ1) is 26.3. The van der Waals surface area contributed by atoms with E-state index in [1.807, 2.05) is 24.3 Å². The first-order valence-electron chi connectivity index (χ1n) is 19.8. The van der Waals surface area contributed by atoms with E-state index in [1.165, 1.54) is 19.3 Å². The quantitative estimate of drug-likeness (QED) is 0.0287. The topological polar surface area (TPSA) is 119 Å². The average Bonchev–Trinajstić information content (AvgIpc) is 3.14. The Hall–Kier alpha value is -3.55. The van der Waals surface area contributed by atoms with Crippen LogP contribution in [0, 0.1) is 0 Å². The highest BCUT2D eigenvalue weighted by Gasteiger charge is 2.22. The minimum atomic E-state index is -4.79. The largest absolute Gasteiger partial charge is 0.469 e. The number of allylic oxidation sites excluding steroid dienone is 20. The van der Waals surface area contributed by atoms with Gasteiger partial charge in [-0.15, -0.1) is 0 Å². The van der Waals surface area contributed by atoms with Crippen LogP contribution < -0.4 is 0 Å². The minimum absolute atomic E-state index is 0.112. The monoisotopic (exact) mass is 768 g/mol. The fourth-order valence-corrected chi connectivity index (χ4v) is 4.93. The van der Waals surface area contributed by atoms with Crippen molar-refractivity contribution < 1.29 is 37.9 Å². The van der Waals surface area contributed by atoms with E-state index in [4.69, 9.17) is 19.3 Å². The number of hydrogen-bond acceptors (Lipinski definition) is 6. The van der Waals surface area contributed by atoms with Gasteiger partial charge in [0.1, 0.15) is 6.61 Å². The Morgan fingerprint density at radius 3 is 1.33 bits per heavy atom. The molecule has 0 rings (SSSR count). The molecular formula is C45H69O8P. The van der Waals surface area contributed by atoms with Crippen LogP contribution in [-0.2, 0) is 28.2 Å². The predicted octanol–water partition coefficient (Wildman–Crippen LogP) is 12.2. The maximum atomic E-state index is 12.4. The van der Waals surface area contributed by atoms with Gasteiger partial charge in [-0.05, 0) is 89.9 Å². The summed E-state index contributed by atoms with van der Waals surface area (Å²) >= 11 is 0. The van der Waals surface area contributed by atoms with Crippen LogP contribution in [0.1, 0.15) is 129 Å². The van der Waals surface area contributed by atoms with Crippen molar-refractivity contribution >= 4 is 19.8 Å². The van der Waals surface area contributed by atoms with Crippen molar-refractivity contribution in [1.82, 2.24) is 0 Å². The fourth-order valence-electron chi connectivity index (χ4n) is 4.57. The smallest absolute Gasteiger partial charge is 0.462 e. The van der Waals surface area contributed by atoms with Gasteiger partial charge in [-0.25, -0.2) is 4.57 Å².